The van der Waals surface area contributed by atoms with Gasteiger partial charge in [-0.05, 0) is 31.6 Å². The van der Waals surface area contributed by atoms with Crippen molar-refractivity contribution >= 4 is 17.4 Å². The fourth-order valence-corrected chi connectivity index (χ4v) is 4.11. The first-order valence-corrected chi connectivity index (χ1v) is 9.84. The molecule has 2 aromatic heterocycles. The second-order valence-corrected chi connectivity index (χ2v) is 7.87. The molecule has 2 aromatic rings. The van der Waals surface area contributed by atoms with Gasteiger partial charge in [-0.15, -0.1) is 0 Å². The molecule has 4 heterocycles. The van der Waals surface area contributed by atoms with Gasteiger partial charge in [-0.3, -0.25) is 14.3 Å². The molecule has 3 aliphatic rings. The lowest BCUT2D eigenvalue weighted by Crippen LogP contribution is -2.32. The molecule has 0 radical (unpaired) electrons. The third-order valence-corrected chi connectivity index (χ3v) is 5.86. The number of carbonyl (C=O) groups is 1. The number of amides is 1. The van der Waals surface area contributed by atoms with Gasteiger partial charge in [0, 0.05) is 51.2 Å². The Morgan fingerprint density at radius 3 is 2.81 bits per heavy atom. The van der Waals surface area contributed by atoms with Gasteiger partial charge in [-0.1, -0.05) is 0 Å². The Hall–Kier alpha value is -2.64. The van der Waals surface area contributed by atoms with Crippen LogP contribution in [0, 0.1) is 5.92 Å². The zero-order chi connectivity index (χ0) is 18.4. The molecule has 0 bridgehead atoms. The number of nitrogens with zero attached hydrogens (tertiary/aromatic N) is 6. The van der Waals surface area contributed by atoms with Crippen LogP contribution in [-0.2, 0) is 11.3 Å². The van der Waals surface area contributed by atoms with Crippen molar-refractivity contribution in [3.05, 3.63) is 35.1 Å². The van der Waals surface area contributed by atoms with Crippen molar-refractivity contribution in [1.29, 1.82) is 0 Å². The molecule has 27 heavy (non-hydrogen) atoms. The fraction of sp³-hybridized carbons (Fsp3) is 0.579. The minimum atomic E-state index is 0.00821. The van der Waals surface area contributed by atoms with Crippen molar-refractivity contribution in [3.63, 3.8) is 0 Å². The van der Waals surface area contributed by atoms with Crippen LogP contribution in [0.25, 0.3) is 0 Å². The van der Waals surface area contributed by atoms with Crippen molar-refractivity contribution in [1.82, 2.24) is 19.3 Å². The molecule has 0 N–H and O–H groups in total. The lowest BCUT2D eigenvalue weighted by atomic mass is 10.3. The normalized spacial score (nSPS) is 22.8. The summed E-state index contributed by atoms with van der Waals surface area (Å²) in [5, 5.41) is 4.49. The molecule has 142 valence electrons. The molecule has 0 aromatic carbocycles. The van der Waals surface area contributed by atoms with E-state index in [2.05, 4.69) is 15.0 Å². The summed E-state index contributed by atoms with van der Waals surface area (Å²) in [7, 11) is 0. The third-order valence-electron chi connectivity index (χ3n) is 5.86. The molecular weight excluding hydrogens is 344 g/mol. The summed E-state index contributed by atoms with van der Waals surface area (Å²) in [6.07, 6.45) is 12.1. The van der Waals surface area contributed by atoms with Crippen molar-refractivity contribution in [2.24, 2.45) is 5.92 Å². The van der Waals surface area contributed by atoms with E-state index < -0.39 is 0 Å². The van der Waals surface area contributed by atoms with Crippen molar-refractivity contribution < 1.29 is 4.79 Å². The van der Waals surface area contributed by atoms with Crippen LogP contribution in [0.5, 0.6) is 0 Å². The predicted molar refractivity (Wildman–Crippen MR) is 101 cm³/mol. The molecule has 8 heteroatoms. The van der Waals surface area contributed by atoms with E-state index in [1.54, 1.807) is 23.2 Å². The molecule has 1 atom stereocenters. The van der Waals surface area contributed by atoms with Gasteiger partial charge in [0.25, 0.3) is 5.56 Å². The van der Waals surface area contributed by atoms with Crippen LogP contribution in [0.15, 0.2) is 29.6 Å². The van der Waals surface area contributed by atoms with Crippen LogP contribution < -0.4 is 15.4 Å². The molecule has 8 nitrogen and oxygen atoms in total. The lowest BCUT2D eigenvalue weighted by Gasteiger charge is -2.18. The second-order valence-electron chi connectivity index (χ2n) is 7.87. The van der Waals surface area contributed by atoms with Crippen LogP contribution in [-0.4, -0.2) is 44.9 Å². The first-order valence-electron chi connectivity index (χ1n) is 9.84. The van der Waals surface area contributed by atoms with E-state index in [1.165, 1.54) is 12.8 Å². The number of hydrogen-bond acceptors (Lipinski definition) is 5. The molecule has 1 saturated carbocycles. The number of hydrogen-bond donors (Lipinski definition) is 0. The SMILES string of the molecule is O=C1CCCN1c1cnn(C2CCN(c3nccn(CC4CC4)c3=O)C2)c1. The summed E-state index contributed by atoms with van der Waals surface area (Å²) in [6, 6.07) is 0.190. The van der Waals surface area contributed by atoms with E-state index in [9.17, 15) is 9.59 Å². The van der Waals surface area contributed by atoms with Gasteiger partial charge in [-0.25, -0.2) is 4.98 Å². The lowest BCUT2D eigenvalue weighted by molar-refractivity contribution is -0.117. The second kappa shape index (κ2) is 6.51. The molecule has 1 amide bonds. The minimum absolute atomic E-state index is 0.00821. The fourth-order valence-electron chi connectivity index (χ4n) is 4.11. The quantitative estimate of drug-likeness (QED) is 0.798. The maximum absolute atomic E-state index is 12.8. The Morgan fingerprint density at radius 1 is 1.15 bits per heavy atom. The minimum Gasteiger partial charge on any atom is -0.350 e. The Bertz CT molecular complexity index is 915. The van der Waals surface area contributed by atoms with E-state index in [0.29, 0.717) is 24.7 Å². The van der Waals surface area contributed by atoms with Gasteiger partial charge in [-0.2, -0.15) is 5.10 Å². The molecule has 1 unspecified atom stereocenters. The van der Waals surface area contributed by atoms with E-state index in [-0.39, 0.29) is 17.5 Å². The average Bonchev–Trinajstić information content (AvgIpc) is 3.06. The van der Waals surface area contributed by atoms with Gasteiger partial charge in [0.2, 0.25) is 5.91 Å². The van der Waals surface area contributed by atoms with Crippen LogP contribution >= 0.6 is 0 Å². The van der Waals surface area contributed by atoms with Gasteiger partial charge in [0.15, 0.2) is 5.82 Å². The van der Waals surface area contributed by atoms with Gasteiger partial charge in [0.1, 0.15) is 0 Å². The van der Waals surface area contributed by atoms with Crippen LogP contribution in [0.3, 0.4) is 0 Å². The highest BCUT2D eigenvalue weighted by atomic mass is 16.2. The maximum Gasteiger partial charge on any atom is 0.293 e. The molecule has 1 aliphatic carbocycles. The molecule has 3 fully saturated rings. The largest absolute Gasteiger partial charge is 0.350 e. The van der Waals surface area contributed by atoms with Crippen molar-refractivity contribution in [2.45, 2.75) is 44.7 Å². The van der Waals surface area contributed by atoms with Crippen LogP contribution in [0.1, 0.15) is 38.1 Å². The Labute approximate surface area is 157 Å². The van der Waals surface area contributed by atoms with E-state index in [4.69, 9.17) is 0 Å². The van der Waals surface area contributed by atoms with E-state index in [1.807, 2.05) is 15.8 Å². The molecular formula is C19H24N6O2. The highest BCUT2D eigenvalue weighted by molar-refractivity contribution is 5.95. The highest BCUT2D eigenvalue weighted by Gasteiger charge is 2.30. The zero-order valence-electron chi connectivity index (χ0n) is 15.3. The maximum atomic E-state index is 12.8. The molecule has 0 spiro atoms. The predicted octanol–water partition coefficient (Wildman–Crippen LogP) is 1.43. The Balaban J connectivity index is 1.31. The van der Waals surface area contributed by atoms with Crippen LogP contribution in [0.4, 0.5) is 11.5 Å². The zero-order valence-corrected chi connectivity index (χ0v) is 15.3. The van der Waals surface area contributed by atoms with Gasteiger partial charge >= 0.3 is 0 Å². The van der Waals surface area contributed by atoms with Gasteiger partial charge in [0.05, 0.1) is 17.9 Å². The summed E-state index contributed by atoms with van der Waals surface area (Å²) < 4.78 is 3.74. The third kappa shape index (κ3) is 3.13. The molecule has 2 aliphatic heterocycles. The highest BCUT2D eigenvalue weighted by Crippen LogP contribution is 2.30. The summed E-state index contributed by atoms with van der Waals surface area (Å²) in [5.74, 6) is 1.37. The monoisotopic (exact) mass is 368 g/mol. The summed E-state index contributed by atoms with van der Waals surface area (Å²) >= 11 is 0. The van der Waals surface area contributed by atoms with E-state index >= 15 is 0 Å². The van der Waals surface area contributed by atoms with Crippen molar-refractivity contribution in [2.75, 3.05) is 29.4 Å². The van der Waals surface area contributed by atoms with Gasteiger partial charge < -0.3 is 14.4 Å². The van der Waals surface area contributed by atoms with Crippen molar-refractivity contribution in [3.8, 4) is 0 Å². The number of carbonyl (C=O) groups excluding carboxylic acids is 1. The average molecular weight is 368 g/mol. The van der Waals surface area contributed by atoms with E-state index in [0.717, 1.165) is 38.2 Å². The first-order chi connectivity index (χ1) is 13.2. The standard InChI is InChI=1S/C19H24N6O2/c26-17-2-1-7-24(17)16-10-21-25(13-16)15-5-8-22(12-15)18-19(27)23(9-6-20-18)11-14-3-4-14/h6,9-10,13-15H,1-5,7-8,11-12H2. The molecule has 5 rings (SSSR count). The Kier molecular flexibility index (Phi) is 3.98. The smallest absolute Gasteiger partial charge is 0.293 e. The topological polar surface area (TPSA) is 76.3 Å². The molecule has 2 saturated heterocycles. The Morgan fingerprint density at radius 2 is 2.04 bits per heavy atom. The summed E-state index contributed by atoms with van der Waals surface area (Å²) in [6.45, 7) is 3.08. The number of aromatic nitrogens is 4. The first kappa shape index (κ1) is 16.5. The number of rotatable bonds is 5. The van der Waals surface area contributed by atoms with Crippen LogP contribution in [0.2, 0.25) is 0 Å². The summed E-state index contributed by atoms with van der Waals surface area (Å²) in [4.78, 5) is 32.9. The number of anilines is 2. The summed E-state index contributed by atoms with van der Waals surface area (Å²) in [5.41, 5.74) is 0.884.